The lowest BCUT2D eigenvalue weighted by atomic mass is 10.2. The van der Waals surface area contributed by atoms with E-state index in [1.807, 2.05) is 24.3 Å². The molecule has 2 heterocycles. The van der Waals surface area contributed by atoms with E-state index in [-0.39, 0.29) is 10.9 Å². The molecule has 0 aliphatic carbocycles. The number of piperazine rings is 1. The minimum absolute atomic E-state index is 0.0578. The number of rotatable bonds is 4. The molecule has 0 radical (unpaired) electrons. The lowest BCUT2D eigenvalue weighted by Crippen LogP contribution is -2.48. The van der Waals surface area contributed by atoms with Gasteiger partial charge in [0, 0.05) is 38.5 Å². The van der Waals surface area contributed by atoms with Crippen molar-refractivity contribution in [2.24, 2.45) is 0 Å². The van der Waals surface area contributed by atoms with Crippen LogP contribution in [0, 0.1) is 0 Å². The standard InChI is InChI=1S/C20H19ClF3N3O2/c1-29-16-4-2-3-14(11-16)5-6-18(28)26-7-9-27(10-8-26)19-17(21)12-15(13-25-19)20(22,23)24/h2-6,11-13H,7-10H2,1H3/b6-5-. The summed E-state index contributed by atoms with van der Waals surface area (Å²) in [7, 11) is 1.57. The molecule has 1 aromatic carbocycles. The first kappa shape index (κ1) is 21.0. The number of ether oxygens (including phenoxy) is 1. The van der Waals surface area contributed by atoms with Gasteiger partial charge >= 0.3 is 6.18 Å². The monoisotopic (exact) mass is 425 g/mol. The average molecular weight is 426 g/mol. The smallest absolute Gasteiger partial charge is 0.417 e. The summed E-state index contributed by atoms with van der Waals surface area (Å²) in [6.45, 7) is 1.69. The highest BCUT2D eigenvalue weighted by Crippen LogP contribution is 2.33. The number of pyridine rings is 1. The molecule has 5 nitrogen and oxygen atoms in total. The van der Waals surface area contributed by atoms with E-state index >= 15 is 0 Å². The number of methoxy groups -OCH3 is 1. The first-order valence-corrected chi connectivity index (χ1v) is 9.24. The first-order valence-electron chi connectivity index (χ1n) is 8.86. The highest BCUT2D eigenvalue weighted by atomic mass is 35.5. The van der Waals surface area contributed by atoms with Crippen LogP contribution in [0.15, 0.2) is 42.6 Å². The van der Waals surface area contributed by atoms with Crippen LogP contribution in [0.3, 0.4) is 0 Å². The van der Waals surface area contributed by atoms with E-state index in [2.05, 4.69) is 4.98 Å². The number of hydrogen-bond donors (Lipinski definition) is 0. The Hall–Kier alpha value is -2.74. The van der Waals surface area contributed by atoms with Crippen molar-refractivity contribution in [3.05, 3.63) is 58.8 Å². The van der Waals surface area contributed by atoms with Gasteiger partial charge in [-0.15, -0.1) is 0 Å². The van der Waals surface area contributed by atoms with Gasteiger partial charge in [-0.1, -0.05) is 23.7 Å². The van der Waals surface area contributed by atoms with Gasteiger partial charge in [0.2, 0.25) is 5.91 Å². The van der Waals surface area contributed by atoms with Crippen molar-refractivity contribution in [2.75, 3.05) is 38.2 Å². The van der Waals surface area contributed by atoms with E-state index in [0.717, 1.165) is 17.8 Å². The molecular formula is C20H19ClF3N3O2. The van der Waals surface area contributed by atoms with E-state index in [0.29, 0.717) is 37.7 Å². The van der Waals surface area contributed by atoms with Crippen molar-refractivity contribution in [3.8, 4) is 5.75 Å². The van der Waals surface area contributed by atoms with Gasteiger partial charge in [-0.25, -0.2) is 4.98 Å². The fourth-order valence-electron chi connectivity index (χ4n) is 2.98. The van der Waals surface area contributed by atoms with Crippen LogP contribution in [-0.4, -0.2) is 49.1 Å². The number of alkyl halides is 3. The van der Waals surface area contributed by atoms with Crippen molar-refractivity contribution >= 4 is 29.4 Å². The highest BCUT2D eigenvalue weighted by Gasteiger charge is 2.32. The third-order valence-corrected chi connectivity index (χ3v) is 4.83. The first-order chi connectivity index (χ1) is 13.8. The summed E-state index contributed by atoms with van der Waals surface area (Å²) in [6, 6.07) is 8.21. The maximum absolute atomic E-state index is 12.7. The number of aromatic nitrogens is 1. The van der Waals surface area contributed by atoms with Crippen LogP contribution in [0.1, 0.15) is 11.1 Å². The van der Waals surface area contributed by atoms with E-state index in [9.17, 15) is 18.0 Å². The van der Waals surface area contributed by atoms with Gasteiger partial charge in [-0.3, -0.25) is 4.79 Å². The molecule has 9 heteroatoms. The summed E-state index contributed by atoms with van der Waals surface area (Å²) >= 11 is 6.00. The molecule has 29 heavy (non-hydrogen) atoms. The van der Waals surface area contributed by atoms with Crippen LogP contribution < -0.4 is 9.64 Å². The fourth-order valence-corrected chi connectivity index (χ4v) is 3.26. The summed E-state index contributed by atoms with van der Waals surface area (Å²) in [6.07, 6.45) is -0.510. The second-order valence-electron chi connectivity index (χ2n) is 6.45. The molecule has 1 aliphatic rings. The molecule has 1 saturated heterocycles. The quantitative estimate of drug-likeness (QED) is 0.691. The third kappa shape index (κ3) is 5.20. The number of amides is 1. The number of halogens is 4. The molecule has 1 amide bonds. The SMILES string of the molecule is COc1cccc(/C=C\C(=O)N2CCN(c3ncc(C(F)(F)F)cc3Cl)CC2)c1. The molecule has 0 N–H and O–H groups in total. The summed E-state index contributed by atoms with van der Waals surface area (Å²) in [4.78, 5) is 19.7. The Bertz CT molecular complexity index is 910. The van der Waals surface area contributed by atoms with E-state index in [1.54, 1.807) is 23.0 Å². The van der Waals surface area contributed by atoms with Gasteiger partial charge in [0.05, 0.1) is 17.7 Å². The lowest BCUT2D eigenvalue weighted by Gasteiger charge is -2.35. The van der Waals surface area contributed by atoms with E-state index in [4.69, 9.17) is 16.3 Å². The summed E-state index contributed by atoms with van der Waals surface area (Å²) < 4.78 is 43.4. The van der Waals surface area contributed by atoms with Gasteiger partial charge in [0.1, 0.15) is 11.6 Å². The third-order valence-electron chi connectivity index (χ3n) is 4.55. The second kappa shape index (κ2) is 8.73. The second-order valence-corrected chi connectivity index (χ2v) is 6.86. The highest BCUT2D eigenvalue weighted by molar-refractivity contribution is 6.33. The van der Waals surface area contributed by atoms with E-state index in [1.165, 1.54) is 6.08 Å². The van der Waals surface area contributed by atoms with Crippen molar-refractivity contribution in [2.45, 2.75) is 6.18 Å². The maximum atomic E-state index is 12.7. The van der Waals surface area contributed by atoms with Crippen LogP contribution in [-0.2, 0) is 11.0 Å². The van der Waals surface area contributed by atoms with Crippen LogP contribution >= 0.6 is 11.6 Å². The summed E-state index contributed by atoms with van der Waals surface area (Å²) in [5.41, 5.74) is -0.0418. The number of carbonyl (C=O) groups is 1. The number of anilines is 1. The summed E-state index contributed by atoms with van der Waals surface area (Å²) in [5.74, 6) is 0.853. The zero-order valence-corrected chi connectivity index (χ0v) is 16.4. The Morgan fingerprint density at radius 2 is 1.93 bits per heavy atom. The molecule has 1 aromatic heterocycles. The number of carbonyl (C=O) groups excluding carboxylic acids is 1. The van der Waals surface area contributed by atoms with Crippen LogP contribution in [0.5, 0.6) is 5.75 Å². The van der Waals surface area contributed by atoms with Crippen LogP contribution in [0.2, 0.25) is 5.02 Å². The Kier molecular flexibility index (Phi) is 6.32. The molecule has 3 rings (SSSR count). The van der Waals surface area contributed by atoms with Crippen LogP contribution in [0.25, 0.3) is 6.08 Å². The average Bonchev–Trinajstić information content (AvgIpc) is 2.71. The maximum Gasteiger partial charge on any atom is 0.417 e. The predicted molar refractivity (Wildman–Crippen MR) is 105 cm³/mol. The Balaban J connectivity index is 1.60. The summed E-state index contributed by atoms with van der Waals surface area (Å²) in [5, 5.41) is -0.0578. The van der Waals surface area contributed by atoms with Gasteiger partial charge in [-0.2, -0.15) is 13.2 Å². The lowest BCUT2D eigenvalue weighted by molar-refractivity contribution is -0.137. The Morgan fingerprint density at radius 1 is 1.21 bits per heavy atom. The van der Waals surface area contributed by atoms with Gasteiger partial charge < -0.3 is 14.5 Å². The molecule has 0 spiro atoms. The fraction of sp³-hybridized carbons (Fsp3) is 0.300. The van der Waals surface area contributed by atoms with Crippen LogP contribution in [0.4, 0.5) is 19.0 Å². The zero-order valence-electron chi connectivity index (χ0n) is 15.6. The molecule has 154 valence electrons. The van der Waals surface area contributed by atoms with Gasteiger partial charge in [0.25, 0.3) is 0 Å². The Labute approximate surface area is 171 Å². The molecular weight excluding hydrogens is 407 g/mol. The molecule has 1 aliphatic heterocycles. The van der Waals surface area contributed by atoms with Crippen molar-refractivity contribution < 1.29 is 22.7 Å². The van der Waals surface area contributed by atoms with Gasteiger partial charge in [0.15, 0.2) is 0 Å². The van der Waals surface area contributed by atoms with E-state index < -0.39 is 11.7 Å². The molecule has 1 fully saturated rings. The minimum Gasteiger partial charge on any atom is -0.497 e. The number of benzene rings is 1. The van der Waals surface area contributed by atoms with Gasteiger partial charge in [-0.05, 0) is 29.8 Å². The molecule has 0 atom stereocenters. The van der Waals surface area contributed by atoms with Crippen molar-refractivity contribution in [3.63, 3.8) is 0 Å². The molecule has 2 aromatic rings. The minimum atomic E-state index is -4.49. The number of nitrogens with zero attached hydrogens (tertiary/aromatic N) is 3. The van der Waals surface area contributed by atoms with Crippen molar-refractivity contribution in [1.82, 2.24) is 9.88 Å². The molecule has 0 bridgehead atoms. The van der Waals surface area contributed by atoms with Crippen molar-refractivity contribution in [1.29, 1.82) is 0 Å². The largest absolute Gasteiger partial charge is 0.497 e. The normalized spacial score (nSPS) is 15.1. The molecule has 0 unspecified atom stereocenters. The predicted octanol–water partition coefficient (Wildman–Crippen LogP) is 4.12. The molecule has 0 saturated carbocycles. The number of hydrogen-bond acceptors (Lipinski definition) is 4. The Morgan fingerprint density at radius 3 is 2.55 bits per heavy atom. The zero-order chi connectivity index (χ0) is 21.0. The topological polar surface area (TPSA) is 45.7 Å².